The average molecular weight is 461 g/mol. The summed E-state index contributed by atoms with van der Waals surface area (Å²) in [5, 5.41) is 25.6. The zero-order valence-corrected chi connectivity index (χ0v) is 18.0. The number of amides is 1. The van der Waals surface area contributed by atoms with Gasteiger partial charge in [0.2, 0.25) is 5.88 Å². The van der Waals surface area contributed by atoms with Crippen LogP contribution in [-0.2, 0) is 4.79 Å². The Morgan fingerprint density at radius 2 is 1.81 bits per heavy atom. The van der Waals surface area contributed by atoms with E-state index in [4.69, 9.17) is 26.9 Å². The maximum absolute atomic E-state index is 12.0. The Morgan fingerprint density at radius 1 is 1.06 bits per heavy atom. The highest BCUT2D eigenvalue weighted by Crippen LogP contribution is 2.26. The molecule has 0 saturated carbocycles. The third kappa shape index (κ3) is 6.66. The van der Waals surface area contributed by atoms with Gasteiger partial charge in [-0.15, -0.1) is 10.2 Å². The molecule has 0 aliphatic rings. The summed E-state index contributed by atoms with van der Waals surface area (Å²) >= 11 is 6.00. The number of aliphatic hydroxyl groups excluding tert-OH is 1. The number of para-hydroxylation sites is 1. The van der Waals surface area contributed by atoms with Crippen molar-refractivity contribution in [3.8, 4) is 11.6 Å². The standard InChI is InChI=1S/C21H25ClN6O4/c22-17-7-3-4-8-18(17)31-12-14(29)11-24-9-10-25-19(30)13-32-21-16-6-2-1-5-15(16)20(26-23)27-28-21/h1-8,14,24,29H,9-13,23H2,(H,25,30)(H,26,27). The predicted octanol–water partition coefficient (Wildman–Crippen LogP) is 1.09. The van der Waals surface area contributed by atoms with Gasteiger partial charge in [0.05, 0.1) is 5.02 Å². The molecule has 0 aliphatic heterocycles. The lowest BCUT2D eigenvalue weighted by Gasteiger charge is -2.14. The first-order valence-electron chi connectivity index (χ1n) is 9.96. The fourth-order valence-corrected chi connectivity index (χ4v) is 3.03. The van der Waals surface area contributed by atoms with E-state index in [1.807, 2.05) is 24.3 Å². The molecule has 0 bridgehead atoms. The van der Waals surface area contributed by atoms with Gasteiger partial charge in [-0.3, -0.25) is 4.79 Å². The molecule has 1 atom stereocenters. The van der Waals surface area contributed by atoms with Crippen LogP contribution >= 0.6 is 11.6 Å². The summed E-state index contributed by atoms with van der Waals surface area (Å²) in [4.78, 5) is 12.0. The van der Waals surface area contributed by atoms with Crippen molar-refractivity contribution in [3.63, 3.8) is 0 Å². The number of carbonyl (C=O) groups is 1. The zero-order chi connectivity index (χ0) is 22.8. The first kappa shape index (κ1) is 23.5. The number of nitrogens with zero attached hydrogens (tertiary/aromatic N) is 2. The summed E-state index contributed by atoms with van der Waals surface area (Å²) in [6.07, 6.45) is -0.719. The molecule has 0 radical (unpaired) electrons. The Kier molecular flexibility index (Phi) is 8.81. The number of hydrazine groups is 1. The average Bonchev–Trinajstić information content (AvgIpc) is 2.81. The number of halogens is 1. The van der Waals surface area contributed by atoms with Crippen molar-refractivity contribution in [1.29, 1.82) is 0 Å². The van der Waals surface area contributed by atoms with Gasteiger partial charge in [-0.2, -0.15) is 0 Å². The van der Waals surface area contributed by atoms with Gasteiger partial charge < -0.3 is 30.6 Å². The molecule has 0 spiro atoms. The number of benzene rings is 2. The first-order valence-corrected chi connectivity index (χ1v) is 10.3. The second-order valence-corrected chi connectivity index (χ2v) is 7.19. The Balaban J connectivity index is 1.33. The number of ether oxygens (including phenoxy) is 2. The van der Waals surface area contributed by atoms with Gasteiger partial charge in [0, 0.05) is 30.4 Å². The molecule has 11 heteroatoms. The molecule has 0 saturated heterocycles. The van der Waals surface area contributed by atoms with Crippen LogP contribution in [0.3, 0.4) is 0 Å². The number of aromatic nitrogens is 2. The van der Waals surface area contributed by atoms with E-state index in [0.717, 1.165) is 5.39 Å². The summed E-state index contributed by atoms with van der Waals surface area (Å²) in [5.74, 6) is 6.32. The molecule has 0 fully saturated rings. The van der Waals surface area contributed by atoms with E-state index < -0.39 is 6.10 Å². The number of carbonyl (C=O) groups excluding carboxylic acids is 1. The molecule has 1 amide bonds. The minimum absolute atomic E-state index is 0.102. The number of nitrogens with two attached hydrogens (primary N) is 1. The lowest BCUT2D eigenvalue weighted by atomic mass is 10.2. The van der Waals surface area contributed by atoms with E-state index in [1.165, 1.54) is 0 Å². The largest absolute Gasteiger partial charge is 0.489 e. The van der Waals surface area contributed by atoms with E-state index in [9.17, 15) is 9.90 Å². The number of hydrogen-bond acceptors (Lipinski definition) is 9. The maximum Gasteiger partial charge on any atom is 0.258 e. The normalized spacial score (nSPS) is 11.7. The Hall–Kier alpha value is -3.18. The maximum atomic E-state index is 12.0. The minimum atomic E-state index is -0.719. The molecular weight excluding hydrogens is 436 g/mol. The van der Waals surface area contributed by atoms with Crippen LogP contribution in [-0.4, -0.2) is 60.2 Å². The molecule has 1 unspecified atom stereocenters. The molecule has 0 aliphatic carbocycles. The van der Waals surface area contributed by atoms with Crippen LogP contribution < -0.4 is 31.4 Å². The van der Waals surface area contributed by atoms with Gasteiger partial charge in [-0.1, -0.05) is 41.9 Å². The van der Waals surface area contributed by atoms with Crippen molar-refractivity contribution in [1.82, 2.24) is 20.8 Å². The van der Waals surface area contributed by atoms with Crippen molar-refractivity contribution >= 4 is 34.1 Å². The molecule has 170 valence electrons. The topological polar surface area (TPSA) is 144 Å². The lowest BCUT2D eigenvalue weighted by Crippen LogP contribution is -2.38. The minimum Gasteiger partial charge on any atom is -0.489 e. The summed E-state index contributed by atoms with van der Waals surface area (Å²) in [6, 6.07) is 14.4. The fourth-order valence-electron chi connectivity index (χ4n) is 2.84. The van der Waals surface area contributed by atoms with E-state index in [0.29, 0.717) is 41.6 Å². The van der Waals surface area contributed by atoms with Crippen molar-refractivity contribution in [2.75, 3.05) is 38.3 Å². The zero-order valence-electron chi connectivity index (χ0n) is 17.3. The number of nitrogen functional groups attached to an aromatic ring is 1. The van der Waals surface area contributed by atoms with Gasteiger partial charge in [-0.25, -0.2) is 5.84 Å². The Bertz CT molecular complexity index is 1040. The number of rotatable bonds is 12. The summed E-state index contributed by atoms with van der Waals surface area (Å²) in [6.45, 7) is 1.03. The van der Waals surface area contributed by atoms with Crippen LogP contribution in [0.5, 0.6) is 11.6 Å². The number of nitrogens with one attached hydrogen (secondary N) is 3. The lowest BCUT2D eigenvalue weighted by molar-refractivity contribution is -0.123. The number of aliphatic hydroxyl groups is 1. The molecule has 1 aromatic heterocycles. The van der Waals surface area contributed by atoms with Gasteiger partial charge in [-0.05, 0) is 18.2 Å². The number of hydrogen-bond donors (Lipinski definition) is 5. The number of fused-ring (bicyclic) bond motifs is 1. The van der Waals surface area contributed by atoms with E-state index >= 15 is 0 Å². The van der Waals surface area contributed by atoms with Crippen LogP contribution in [0.1, 0.15) is 0 Å². The van der Waals surface area contributed by atoms with Gasteiger partial charge in [0.25, 0.3) is 5.91 Å². The molecule has 3 aromatic rings. The third-order valence-corrected chi connectivity index (χ3v) is 4.71. The fraction of sp³-hybridized carbons (Fsp3) is 0.286. The summed E-state index contributed by atoms with van der Waals surface area (Å²) < 4.78 is 11.0. The monoisotopic (exact) mass is 460 g/mol. The Morgan fingerprint density at radius 3 is 2.59 bits per heavy atom. The van der Waals surface area contributed by atoms with Crippen LogP contribution in [0.15, 0.2) is 48.5 Å². The van der Waals surface area contributed by atoms with E-state index in [2.05, 4.69) is 26.3 Å². The SMILES string of the molecule is NNc1nnc(OCC(=O)NCCNCC(O)COc2ccccc2Cl)c2ccccc12. The highest BCUT2D eigenvalue weighted by molar-refractivity contribution is 6.32. The van der Waals surface area contributed by atoms with Gasteiger partial charge in [0.1, 0.15) is 18.5 Å². The molecule has 2 aromatic carbocycles. The molecule has 10 nitrogen and oxygen atoms in total. The van der Waals surface area contributed by atoms with Crippen LogP contribution in [0.25, 0.3) is 10.8 Å². The third-order valence-electron chi connectivity index (χ3n) is 4.40. The molecule has 1 heterocycles. The number of anilines is 1. The van der Waals surface area contributed by atoms with E-state index in [1.54, 1.807) is 24.3 Å². The van der Waals surface area contributed by atoms with Crippen molar-refractivity contribution < 1.29 is 19.4 Å². The predicted molar refractivity (Wildman–Crippen MR) is 122 cm³/mol. The smallest absolute Gasteiger partial charge is 0.258 e. The molecule has 32 heavy (non-hydrogen) atoms. The van der Waals surface area contributed by atoms with Crippen LogP contribution in [0, 0.1) is 0 Å². The van der Waals surface area contributed by atoms with E-state index in [-0.39, 0.29) is 25.0 Å². The summed E-state index contributed by atoms with van der Waals surface area (Å²) in [7, 11) is 0. The van der Waals surface area contributed by atoms with Gasteiger partial charge >= 0.3 is 0 Å². The van der Waals surface area contributed by atoms with Crippen molar-refractivity contribution in [3.05, 3.63) is 53.6 Å². The molecular formula is C21H25ClN6O4. The van der Waals surface area contributed by atoms with Crippen molar-refractivity contribution in [2.24, 2.45) is 5.84 Å². The van der Waals surface area contributed by atoms with Gasteiger partial charge in [0.15, 0.2) is 12.4 Å². The first-order chi connectivity index (χ1) is 15.6. The summed E-state index contributed by atoms with van der Waals surface area (Å²) in [5.41, 5.74) is 2.48. The molecule has 6 N–H and O–H groups in total. The molecule has 3 rings (SSSR count). The van der Waals surface area contributed by atoms with Crippen molar-refractivity contribution in [2.45, 2.75) is 6.10 Å². The van der Waals surface area contributed by atoms with Crippen LogP contribution in [0.4, 0.5) is 5.82 Å². The quantitative estimate of drug-likeness (QED) is 0.152. The second-order valence-electron chi connectivity index (χ2n) is 6.78. The highest BCUT2D eigenvalue weighted by atomic mass is 35.5. The van der Waals surface area contributed by atoms with Crippen LogP contribution in [0.2, 0.25) is 5.02 Å². The highest BCUT2D eigenvalue weighted by Gasteiger charge is 2.11. The Labute approximate surface area is 190 Å². The second kappa shape index (κ2) is 12.0.